The van der Waals surface area contributed by atoms with E-state index >= 15 is 0 Å². The minimum Gasteiger partial charge on any atom is -0.481 e. The van der Waals surface area contributed by atoms with Gasteiger partial charge in [-0.3, -0.25) is 4.79 Å². The molecule has 0 aliphatic rings. The topological polar surface area (TPSA) is 63.3 Å². The number of rotatable bonds is 4. The number of aliphatic carboxylic acids is 1. The molecule has 76 valence electrons. The van der Waals surface area contributed by atoms with Crippen LogP contribution in [-0.4, -0.2) is 16.1 Å². The highest BCUT2D eigenvalue weighted by Gasteiger charge is 2.25. The van der Waals surface area contributed by atoms with E-state index in [1.807, 2.05) is 30.3 Å². The molecule has 0 radical (unpaired) electrons. The van der Waals surface area contributed by atoms with Gasteiger partial charge in [-0.2, -0.15) is 0 Å². The van der Waals surface area contributed by atoms with Crippen molar-refractivity contribution in [2.45, 2.75) is 17.8 Å². The summed E-state index contributed by atoms with van der Waals surface area (Å²) in [5.74, 6) is -0.988. The van der Waals surface area contributed by atoms with Crippen molar-refractivity contribution in [2.24, 2.45) is 5.73 Å². The van der Waals surface area contributed by atoms with E-state index < -0.39 is 11.0 Å². The van der Waals surface area contributed by atoms with Gasteiger partial charge in [-0.05, 0) is 5.56 Å². The van der Waals surface area contributed by atoms with Gasteiger partial charge < -0.3 is 10.8 Å². The molecule has 4 heteroatoms. The fraction of sp³-hybridized carbons (Fsp3) is 0.300. The Hall–Kier alpha value is -1.06. The first-order valence-electron chi connectivity index (χ1n) is 4.23. The van der Waals surface area contributed by atoms with Crippen LogP contribution in [0.1, 0.15) is 12.0 Å². The Morgan fingerprint density at radius 2 is 2.00 bits per heavy atom. The maximum absolute atomic E-state index is 10.4. The predicted molar refractivity (Wildman–Crippen MR) is 55.2 cm³/mol. The number of hydrogen-bond donors (Lipinski definition) is 2. The molecular formula is C10H12ClNO2. The molecule has 0 spiro atoms. The van der Waals surface area contributed by atoms with Crippen molar-refractivity contribution in [2.75, 3.05) is 0 Å². The second kappa shape index (κ2) is 4.44. The third-order valence-electron chi connectivity index (χ3n) is 1.79. The van der Waals surface area contributed by atoms with Gasteiger partial charge in [-0.15, -0.1) is 11.6 Å². The smallest absolute Gasteiger partial charge is 0.306 e. The van der Waals surface area contributed by atoms with Crippen LogP contribution in [0.15, 0.2) is 30.3 Å². The van der Waals surface area contributed by atoms with E-state index in [9.17, 15) is 4.79 Å². The largest absolute Gasteiger partial charge is 0.481 e. The Morgan fingerprint density at radius 3 is 2.50 bits per heavy atom. The first-order valence-corrected chi connectivity index (χ1v) is 4.61. The number of nitrogens with two attached hydrogens (primary N) is 1. The molecule has 0 aromatic heterocycles. The quantitative estimate of drug-likeness (QED) is 0.590. The van der Waals surface area contributed by atoms with Gasteiger partial charge in [0.15, 0.2) is 0 Å². The van der Waals surface area contributed by atoms with E-state index in [2.05, 4.69) is 0 Å². The van der Waals surface area contributed by atoms with E-state index in [0.717, 1.165) is 5.56 Å². The van der Waals surface area contributed by atoms with Crippen molar-refractivity contribution in [3.05, 3.63) is 35.9 Å². The molecule has 3 nitrogen and oxygen atoms in total. The molecule has 3 N–H and O–H groups in total. The summed E-state index contributed by atoms with van der Waals surface area (Å²) in [5.41, 5.74) is 6.57. The van der Waals surface area contributed by atoms with Crippen LogP contribution in [-0.2, 0) is 11.2 Å². The van der Waals surface area contributed by atoms with Crippen molar-refractivity contribution in [3.8, 4) is 0 Å². The maximum Gasteiger partial charge on any atom is 0.306 e. The van der Waals surface area contributed by atoms with Gasteiger partial charge in [-0.25, -0.2) is 0 Å². The third kappa shape index (κ3) is 3.77. The van der Waals surface area contributed by atoms with Crippen molar-refractivity contribution >= 4 is 17.6 Å². The van der Waals surface area contributed by atoms with Gasteiger partial charge in [-0.1, -0.05) is 30.3 Å². The number of carboxylic acid groups (broad SMARTS) is 1. The second-order valence-electron chi connectivity index (χ2n) is 3.27. The van der Waals surface area contributed by atoms with Crippen LogP contribution < -0.4 is 5.73 Å². The third-order valence-corrected chi connectivity index (χ3v) is 2.05. The zero-order chi connectivity index (χ0) is 10.6. The highest BCUT2D eigenvalue weighted by molar-refractivity contribution is 6.24. The van der Waals surface area contributed by atoms with Gasteiger partial charge in [0, 0.05) is 6.42 Å². The van der Waals surface area contributed by atoms with Crippen LogP contribution in [0.3, 0.4) is 0 Å². The Morgan fingerprint density at radius 1 is 1.43 bits per heavy atom. The van der Waals surface area contributed by atoms with E-state index in [0.29, 0.717) is 6.42 Å². The molecule has 1 aromatic rings. The van der Waals surface area contributed by atoms with Crippen LogP contribution >= 0.6 is 11.6 Å². The average molecular weight is 214 g/mol. The molecule has 0 saturated heterocycles. The fourth-order valence-electron chi connectivity index (χ4n) is 1.25. The minimum absolute atomic E-state index is 0.247. The van der Waals surface area contributed by atoms with E-state index in [1.165, 1.54) is 0 Å². The SMILES string of the molecule is NC(Cl)(CC(=O)O)Cc1ccccc1. The summed E-state index contributed by atoms with van der Waals surface area (Å²) in [7, 11) is 0. The summed E-state index contributed by atoms with van der Waals surface area (Å²) in [6, 6.07) is 9.34. The summed E-state index contributed by atoms with van der Waals surface area (Å²) in [5, 5.41) is 8.56. The van der Waals surface area contributed by atoms with Gasteiger partial charge in [0.25, 0.3) is 0 Å². The highest BCUT2D eigenvalue weighted by atomic mass is 35.5. The fourth-order valence-corrected chi connectivity index (χ4v) is 1.52. The van der Waals surface area contributed by atoms with E-state index in [1.54, 1.807) is 0 Å². The molecule has 0 heterocycles. The van der Waals surface area contributed by atoms with Gasteiger partial charge in [0.2, 0.25) is 0 Å². The van der Waals surface area contributed by atoms with Gasteiger partial charge in [0.05, 0.1) is 6.42 Å². The minimum atomic E-state index is -1.20. The average Bonchev–Trinajstić information content (AvgIpc) is 2.02. The molecule has 1 atom stereocenters. The Kier molecular flexibility index (Phi) is 3.49. The number of alkyl halides is 1. The molecular weight excluding hydrogens is 202 g/mol. The molecule has 14 heavy (non-hydrogen) atoms. The number of benzene rings is 1. The monoisotopic (exact) mass is 213 g/mol. The summed E-state index contributed by atoms with van der Waals surface area (Å²) >= 11 is 5.86. The van der Waals surface area contributed by atoms with Crippen LogP contribution in [0.4, 0.5) is 0 Å². The Labute approximate surface area is 87.5 Å². The predicted octanol–water partition coefficient (Wildman–Crippen LogP) is 1.60. The number of hydrogen-bond acceptors (Lipinski definition) is 2. The molecule has 0 aliphatic heterocycles. The van der Waals surface area contributed by atoms with Gasteiger partial charge in [0.1, 0.15) is 5.00 Å². The van der Waals surface area contributed by atoms with Crippen LogP contribution in [0.2, 0.25) is 0 Å². The lowest BCUT2D eigenvalue weighted by Gasteiger charge is -2.19. The van der Waals surface area contributed by atoms with E-state index in [-0.39, 0.29) is 6.42 Å². The first-order chi connectivity index (χ1) is 6.49. The van der Waals surface area contributed by atoms with Crippen molar-refractivity contribution in [1.29, 1.82) is 0 Å². The van der Waals surface area contributed by atoms with Crippen LogP contribution in [0.5, 0.6) is 0 Å². The summed E-state index contributed by atoms with van der Waals surface area (Å²) in [6.45, 7) is 0. The summed E-state index contributed by atoms with van der Waals surface area (Å²) in [4.78, 5) is 9.24. The maximum atomic E-state index is 10.4. The zero-order valence-electron chi connectivity index (χ0n) is 7.61. The summed E-state index contributed by atoms with van der Waals surface area (Å²) < 4.78 is 0. The highest BCUT2D eigenvalue weighted by Crippen LogP contribution is 2.18. The molecule has 0 amide bonds. The Bertz CT molecular complexity index is 311. The molecule has 1 unspecified atom stereocenters. The van der Waals surface area contributed by atoms with Crippen LogP contribution in [0.25, 0.3) is 0 Å². The zero-order valence-corrected chi connectivity index (χ0v) is 8.37. The normalized spacial score (nSPS) is 14.7. The van der Waals surface area contributed by atoms with Crippen LogP contribution in [0, 0.1) is 0 Å². The lowest BCUT2D eigenvalue weighted by atomic mass is 10.0. The van der Waals surface area contributed by atoms with Crippen molar-refractivity contribution in [1.82, 2.24) is 0 Å². The number of carbonyl (C=O) groups is 1. The number of carboxylic acids is 1. The lowest BCUT2D eigenvalue weighted by molar-refractivity contribution is -0.137. The molecule has 0 bridgehead atoms. The molecule has 0 aliphatic carbocycles. The molecule has 1 aromatic carbocycles. The van der Waals surface area contributed by atoms with Gasteiger partial charge >= 0.3 is 5.97 Å². The Balaban J connectivity index is 2.63. The first kappa shape index (κ1) is 11.0. The second-order valence-corrected chi connectivity index (χ2v) is 4.02. The standard InChI is InChI=1S/C10H12ClNO2/c11-10(12,7-9(13)14)6-8-4-2-1-3-5-8/h1-5H,6-7,12H2,(H,13,14). The number of halogens is 1. The molecule has 0 saturated carbocycles. The van der Waals surface area contributed by atoms with E-state index in [4.69, 9.17) is 22.4 Å². The summed E-state index contributed by atoms with van der Waals surface area (Å²) in [6.07, 6.45) is 0.102. The molecule has 1 rings (SSSR count). The lowest BCUT2D eigenvalue weighted by Crippen LogP contribution is -2.38. The van der Waals surface area contributed by atoms with Crippen molar-refractivity contribution < 1.29 is 9.90 Å². The molecule has 0 fully saturated rings. The van der Waals surface area contributed by atoms with Crippen molar-refractivity contribution in [3.63, 3.8) is 0 Å².